The molecule has 0 aromatic heterocycles. The molecule has 0 spiro atoms. The monoisotopic (exact) mass is 195 g/mol. The van der Waals surface area contributed by atoms with Crippen molar-refractivity contribution in [3.05, 3.63) is 12.2 Å². The summed E-state index contributed by atoms with van der Waals surface area (Å²) in [7, 11) is 0. The van der Waals surface area contributed by atoms with Gasteiger partial charge in [-0.3, -0.25) is 4.79 Å². The molecule has 14 heavy (non-hydrogen) atoms. The molecule has 1 rings (SSSR count). The van der Waals surface area contributed by atoms with Crippen LogP contribution in [0, 0.1) is 11.3 Å². The highest BCUT2D eigenvalue weighted by Crippen LogP contribution is 2.33. The van der Waals surface area contributed by atoms with Gasteiger partial charge in [-0.15, -0.1) is 0 Å². The van der Waals surface area contributed by atoms with Crippen LogP contribution < -0.4 is 5.32 Å². The second-order valence-corrected chi connectivity index (χ2v) is 4.88. The van der Waals surface area contributed by atoms with Gasteiger partial charge in [0.1, 0.15) is 0 Å². The topological polar surface area (TPSA) is 29.1 Å². The van der Waals surface area contributed by atoms with Crippen LogP contribution in [0.4, 0.5) is 0 Å². The predicted octanol–water partition coefficient (Wildman–Crippen LogP) is 2.16. The fourth-order valence-electron chi connectivity index (χ4n) is 2.05. The SMILES string of the molecule is CCNC(C)C1CC(C)(C)C=CC1=O. The van der Waals surface area contributed by atoms with E-state index in [0.29, 0.717) is 0 Å². The Hall–Kier alpha value is -0.630. The van der Waals surface area contributed by atoms with Gasteiger partial charge in [0.05, 0.1) is 0 Å². The molecular weight excluding hydrogens is 174 g/mol. The summed E-state index contributed by atoms with van der Waals surface area (Å²) in [4.78, 5) is 11.7. The highest BCUT2D eigenvalue weighted by molar-refractivity contribution is 5.93. The number of carbonyl (C=O) groups excluding carboxylic acids is 1. The van der Waals surface area contributed by atoms with Crippen molar-refractivity contribution in [1.29, 1.82) is 0 Å². The lowest BCUT2D eigenvalue weighted by atomic mass is 9.74. The van der Waals surface area contributed by atoms with Crippen LogP contribution in [0.2, 0.25) is 0 Å². The molecule has 0 bridgehead atoms. The number of ketones is 1. The van der Waals surface area contributed by atoms with Crippen LogP contribution in [0.1, 0.15) is 34.1 Å². The lowest BCUT2D eigenvalue weighted by molar-refractivity contribution is -0.120. The minimum Gasteiger partial charge on any atom is -0.314 e. The zero-order valence-electron chi connectivity index (χ0n) is 9.63. The number of hydrogen-bond acceptors (Lipinski definition) is 2. The van der Waals surface area contributed by atoms with Crippen LogP contribution in [0.15, 0.2) is 12.2 Å². The Labute approximate surface area is 86.8 Å². The Morgan fingerprint density at radius 1 is 1.64 bits per heavy atom. The van der Waals surface area contributed by atoms with Crippen LogP contribution in [0.3, 0.4) is 0 Å². The van der Waals surface area contributed by atoms with Crippen LogP contribution in [0.5, 0.6) is 0 Å². The third kappa shape index (κ3) is 2.68. The predicted molar refractivity (Wildman–Crippen MR) is 59.2 cm³/mol. The first-order valence-electron chi connectivity index (χ1n) is 5.43. The van der Waals surface area contributed by atoms with Gasteiger partial charge in [-0.25, -0.2) is 0 Å². The van der Waals surface area contributed by atoms with E-state index >= 15 is 0 Å². The van der Waals surface area contributed by atoms with Gasteiger partial charge >= 0.3 is 0 Å². The van der Waals surface area contributed by atoms with Gasteiger partial charge in [0.15, 0.2) is 5.78 Å². The standard InChI is InChI=1S/C12H21NO/c1-5-13-9(2)10-8-12(3,4)7-6-11(10)14/h6-7,9-10,13H,5,8H2,1-4H3. The van der Waals surface area contributed by atoms with E-state index in [1.807, 2.05) is 6.08 Å². The van der Waals surface area contributed by atoms with E-state index in [-0.39, 0.29) is 23.2 Å². The van der Waals surface area contributed by atoms with Crippen molar-refractivity contribution in [2.24, 2.45) is 11.3 Å². The number of rotatable bonds is 3. The van der Waals surface area contributed by atoms with Gasteiger partial charge < -0.3 is 5.32 Å². The molecule has 1 N–H and O–H groups in total. The van der Waals surface area contributed by atoms with Crippen molar-refractivity contribution in [3.8, 4) is 0 Å². The molecule has 0 heterocycles. The van der Waals surface area contributed by atoms with E-state index in [9.17, 15) is 4.79 Å². The van der Waals surface area contributed by atoms with Gasteiger partial charge in [-0.1, -0.05) is 26.8 Å². The normalized spacial score (nSPS) is 27.7. The molecule has 0 aromatic rings. The zero-order valence-corrected chi connectivity index (χ0v) is 9.63. The second-order valence-electron chi connectivity index (χ2n) is 4.88. The van der Waals surface area contributed by atoms with Crippen molar-refractivity contribution in [2.45, 2.75) is 40.2 Å². The van der Waals surface area contributed by atoms with E-state index in [1.165, 1.54) is 0 Å². The first-order chi connectivity index (χ1) is 6.46. The summed E-state index contributed by atoms with van der Waals surface area (Å²) in [5.74, 6) is 0.424. The fourth-order valence-corrected chi connectivity index (χ4v) is 2.05. The van der Waals surface area contributed by atoms with Gasteiger partial charge in [0, 0.05) is 12.0 Å². The maximum absolute atomic E-state index is 11.7. The van der Waals surface area contributed by atoms with E-state index in [1.54, 1.807) is 6.08 Å². The lowest BCUT2D eigenvalue weighted by Crippen LogP contribution is -2.41. The van der Waals surface area contributed by atoms with Crippen molar-refractivity contribution >= 4 is 5.78 Å². The molecule has 80 valence electrons. The summed E-state index contributed by atoms with van der Waals surface area (Å²) >= 11 is 0. The molecule has 2 heteroatoms. The third-order valence-corrected chi connectivity index (χ3v) is 2.94. The molecule has 1 aliphatic carbocycles. The molecule has 0 aromatic carbocycles. The highest BCUT2D eigenvalue weighted by atomic mass is 16.1. The molecule has 2 nitrogen and oxygen atoms in total. The van der Waals surface area contributed by atoms with Crippen molar-refractivity contribution < 1.29 is 4.79 Å². The van der Waals surface area contributed by atoms with Crippen molar-refractivity contribution in [2.75, 3.05) is 6.54 Å². The van der Waals surface area contributed by atoms with Crippen LogP contribution in [-0.4, -0.2) is 18.4 Å². The number of allylic oxidation sites excluding steroid dienone is 2. The van der Waals surface area contributed by atoms with Crippen molar-refractivity contribution in [3.63, 3.8) is 0 Å². The minimum absolute atomic E-state index is 0.148. The molecule has 0 saturated carbocycles. The van der Waals surface area contributed by atoms with Gasteiger partial charge in [0.25, 0.3) is 0 Å². The molecule has 0 radical (unpaired) electrons. The molecule has 2 atom stereocenters. The van der Waals surface area contributed by atoms with Gasteiger partial charge in [-0.2, -0.15) is 0 Å². The summed E-state index contributed by atoms with van der Waals surface area (Å²) < 4.78 is 0. The van der Waals surface area contributed by atoms with Crippen LogP contribution in [0.25, 0.3) is 0 Å². The average molecular weight is 195 g/mol. The largest absolute Gasteiger partial charge is 0.314 e. The maximum Gasteiger partial charge on any atom is 0.160 e. The Morgan fingerprint density at radius 2 is 2.29 bits per heavy atom. The second kappa shape index (κ2) is 4.26. The molecular formula is C12H21NO. The average Bonchev–Trinajstić information content (AvgIpc) is 2.10. The molecule has 2 unspecified atom stereocenters. The summed E-state index contributed by atoms with van der Waals surface area (Å²) in [6.45, 7) is 9.46. The Bertz CT molecular complexity index is 243. The summed E-state index contributed by atoms with van der Waals surface area (Å²) in [6, 6.07) is 0.289. The third-order valence-electron chi connectivity index (χ3n) is 2.94. The van der Waals surface area contributed by atoms with E-state index in [0.717, 1.165) is 13.0 Å². The fraction of sp³-hybridized carbons (Fsp3) is 0.750. The molecule has 0 amide bonds. The van der Waals surface area contributed by atoms with E-state index in [4.69, 9.17) is 0 Å². The Kier molecular flexibility index (Phi) is 3.48. The lowest BCUT2D eigenvalue weighted by Gasteiger charge is -2.33. The van der Waals surface area contributed by atoms with E-state index < -0.39 is 0 Å². The van der Waals surface area contributed by atoms with E-state index in [2.05, 4.69) is 33.0 Å². The summed E-state index contributed by atoms with van der Waals surface area (Å²) in [5.41, 5.74) is 0.169. The Morgan fingerprint density at radius 3 is 2.86 bits per heavy atom. The van der Waals surface area contributed by atoms with Crippen LogP contribution >= 0.6 is 0 Å². The maximum atomic E-state index is 11.7. The zero-order chi connectivity index (χ0) is 10.8. The number of hydrogen-bond donors (Lipinski definition) is 1. The Balaban J connectivity index is 2.70. The number of nitrogens with one attached hydrogen (secondary N) is 1. The van der Waals surface area contributed by atoms with Gasteiger partial charge in [0.2, 0.25) is 0 Å². The minimum atomic E-state index is 0.148. The smallest absolute Gasteiger partial charge is 0.160 e. The number of carbonyl (C=O) groups is 1. The van der Waals surface area contributed by atoms with Crippen molar-refractivity contribution in [1.82, 2.24) is 5.32 Å². The first kappa shape index (κ1) is 11.4. The highest BCUT2D eigenvalue weighted by Gasteiger charge is 2.32. The quantitative estimate of drug-likeness (QED) is 0.747. The summed E-state index contributed by atoms with van der Waals surface area (Å²) in [5, 5.41) is 3.33. The molecule has 0 aliphatic heterocycles. The van der Waals surface area contributed by atoms with Crippen LogP contribution in [-0.2, 0) is 4.79 Å². The summed E-state index contributed by atoms with van der Waals surface area (Å²) in [6.07, 6.45) is 4.74. The molecule has 0 saturated heterocycles. The molecule has 0 fully saturated rings. The van der Waals surface area contributed by atoms with Gasteiger partial charge in [-0.05, 0) is 31.4 Å². The first-order valence-corrected chi connectivity index (χ1v) is 5.43. The molecule has 1 aliphatic rings.